The van der Waals surface area contributed by atoms with E-state index in [2.05, 4.69) is 45.3 Å². The lowest BCUT2D eigenvalue weighted by Gasteiger charge is -2.47. The maximum Gasteiger partial charge on any atom is 0.225 e. The van der Waals surface area contributed by atoms with Crippen LogP contribution in [0.2, 0.25) is 0 Å². The lowest BCUT2D eigenvalue weighted by atomic mass is 9.79. The van der Waals surface area contributed by atoms with E-state index in [0.717, 1.165) is 19.3 Å². The molecule has 3 nitrogen and oxygen atoms in total. The second kappa shape index (κ2) is 4.84. The minimum absolute atomic E-state index is 0.0794. The third-order valence-corrected chi connectivity index (χ3v) is 4.02. The van der Waals surface area contributed by atoms with E-state index in [4.69, 9.17) is 0 Å². The molecule has 0 radical (unpaired) electrons. The van der Waals surface area contributed by atoms with Crippen molar-refractivity contribution < 1.29 is 4.79 Å². The molecule has 0 aliphatic carbocycles. The second-order valence-electron chi connectivity index (χ2n) is 7.71. The number of piperidine rings is 1. The molecule has 1 aliphatic heterocycles. The Morgan fingerprint density at radius 2 is 1.67 bits per heavy atom. The van der Waals surface area contributed by atoms with E-state index in [1.807, 2.05) is 13.8 Å². The van der Waals surface area contributed by atoms with Gasteiger partial charge in [0.15, 0.2) is 0 Å². The van der Waals surface area contributed by atoms with Gasteiger partial charge >= 0.3 is 0 Å². The molecule has 0 bridgehead atoms. The van der Waals surface area contributed by atoms with E-state index in [1.54, 1.807) is 0 Å². The molecule has 106 valence electrons. The minimum Gasteiger partial charge on any atom is -0.353 e. The number of amides is 1. The molecule has 0 aromatic rings. The Bertz CT molecular complexity index is 302. The van der Waals surface area contributed by atoms with E-state index in [0.29, 0.717) is 0 Å². The summed E-state index contributed by atoms with van der Waals surface area (Å²) in [5, 5.41) is 6.88. The van der Waals surface area contributed by atoms with Crippen molar-refractivity contribution >= 4 is 5.91 Å². The zero-order valence-corrected chi connectivity index (χ0v) is 13.1. The molecule has 1 heterocycles. The molecule has 0 spiro atoms. The summed E-state index contributed by atoms with van der Waals surface area (Å²) in [6, 6.07) is 0.273. The molecule has 0 aromatic carbocycles. The third kappa shape index (κ3) is 3.98. The standard InChI is InChI=1S/C15H30N2O/c1-8-13(2,3)12(18)16-11-9-14(4,5)17-15(6,7)10-11/h11,17H,8-10H2,1-7H3,(H,16,18). The molecule has 0 atom stereocenters. The third-order valence-electron chi connectivity index (χ3n) is 4.02. The highest BCUT2D eigenvalue weighted by Crippen LogP contribution is 2.29. The first-order valence-electron chi connectivity index (χ1n) is 7.08. The predicted octanol–water partition coefficient (Wildman–Crippen LogP) is 2.85. The van der Waals surface area contributed by atoms with Crippen molar-refractivity contribution in [2.45, 2.75) is 84.8 Å². The highest BCUT2D eigenvalue weighted by atomic mass is 16.2. The van der Waals surface area contributed by atoms with Crippen LogP contribution in [-0.2, 0) is 4.79 Å². The Balaban J connectivity index is 2.71. The Labute approximate surface area is 112 Å². The van der Waals surface area contributed by atoms with Gasteiger partial charge in [-0.25, -0.2) is 0 Å². The Hall–Kier alpha value is -0.570. The van der Waals surface area contributed by atoms with Crippen LogP contribution in [0.25, 0.3) is 0 Å². The van der Waals surface area contributed by atoms with Crippen LogP contribution in [0.3, 0.4) is 0 Å². The van der Waals surface area contributed by atoms with Crippen molar-refractivity contribution in [1.29, 1.82) is 0 Å². The van der Waals surface area contributed by atoms with Crippen LogP contribution in [0.4, 0.5) is 0 Å². The summed E-state index contributed by atoms with van der Waals surface area (Å²) >= 11 is 0. The van der Waals surface area contributed by atoms with Gasteiger partial charge in [0, 0.05) is 22.5 Å². The fourth-order valence-electron chi connectivity index (χ4n) is 2.97. The zero-order valence-electron chi connectivity index (χ0n) is 13.1. The number of hydrogen-bond acceptors (Lipinski definition) is 2. The fraction of sp³-hybridized carbons (Fsp3) is 0.933. The molecule has 1 rings (SSSR count). The summed E-state index contributed by atoms with van der Waals surface area (Å²) < 4.78 is 0. The average Bonchev–Trinajstić information content (AvgIpc) is 2.12. The van der Waals surface area contributed by atoms with Crippen molar-refractivity contribution in [3.8, 4) is 0 Å². The minimum atomic E-state index is -0.265. The first-order chi connectivity index (χ1) is 7.97. The van der Waals surface area contributed by atoms with E-state index >= 15 is 0 Å². The molecule has 1 amide bonds. The molecule has 2 N–H and O–H groups in total. The summed E-state index contributed by atoms with van der Waals surface area (Å²) in [4.78, 5) is 12.3. The normalized spacial score (nSPS) is 23.7. The van der Waals surface area contributed by atoms with Gasteiger partial charge in [-0.3, -0.25) is 4.79 Å². The van der Waals surface area contributed by atoms with Gasteiger partial charge in [-0.2, -0.15) is 0 Å². The Morgan fingerprint density at radius 1 is 1.22 bits per heavy atom. The summed E-state index contributed by atoms with van der Waals surface area (Å²) in [6.07, 6.45) is 2.85. The average molecular weight is 254 g/mol. The van der Waals surface area contributed by atoms with Gasteiger partial charge in [0.25, 0.3) is 0 Å². The summed E-state index contributed by atoms with van der Waals surface area (Å²) in [7, 11) is 0. The van der Waals surface area contributed by atoms with Crippen LogP contribution in [0.5, 0.6) is 0 Å². The molecule has 1 aliphatic rings. The molecular weight excluding hydrogens is 224 g/mol. The summed E-state index contributed by atoms with van der Waals surface area (Å²) in [6.45, 7) is 14.9. The maximum atomic E-state index is 12.3. The van der Waals surface area contributed by atoms with E-state index in [9.17, 15) is 4.79 Å². The summed E-state index contributed by atoms with van der Waals surface area (Å²) in [5.74, 6) is 0.184. The number of rotatable bonds is 3. The Morgan fingerprint density at radius 3 is 2.06 bits per heavy atom. The molecule has 1 fully saturated rings. The van der Waals surface area contributed by atoms with Crippen LogP contribution >= 0.6 is 0 Å². The van der Waals surface area contributed by atoms with Crippen LogP contribution < -0.4 is 10.6 Å². The maximum absolute atomic E-state index is 12.3. The van der Waals surface area contributed by atoms with Crippen molar-refractivity contribution in [1.82, 2.24) is 10.6 Å². The molecule has 0 aromatic heterocycles. The Kier molecular flexibility index (Phi) is 4.16. The van der Waals surface area contributed by atoms with Gasteiger partial charge in [0.1, 0.15) is 0 Å². The van der Waals surface area contributed by atoms with Gasteiger partial charge in [0.05, 0.1) is 0 Å². The largest absolute Gasteiger partial charge is 0.353 e. The monoisotopic (exact) mass is 254 g/mol. The first-order valence-corrected chi connectivity index (χ1v) is 7.08. The highest BCUT2D eigenvalue weighted by molar-refractivity contribution is 5.82. The van der Waals surface area contributed by atoms with Crippen LogP contribution in [0, 0.1) is 5.41 Å². The lowest BCUT2D eigenvalue weighted by Crippen LogP contribution is -2.62. The predicted molar refractivity (Wildman–Crippen MR) is 76.5 cm³/mol. The lowest BCUT2D eigenvalue weighted by molar-refractivity contribution is -0.130. The fourth-order valence-corrected chi connectivity index (χ4v) is 2.97. The van der Waals surface area contributed by atoms with Crippen molar-refractivity contribution in [2.75, 3.05) is 0 Å². The highest BCUT2D eigenvalue weighted by Gasteiger charge is 2.39. The van der Waals surface area contributed by atoms with Gasteiger partial charge in [-0.1, -0.05) is 20.8 Å². The van der Waals surface area contributed by atoms with Crippen molar-refractivity contribution in [3.05, 3.63) is 0 Å². The SMILES string of the molecule is CCC(C)(C)C(=O)NC1CC(C)(C)NC(C)(C)C1. The second-order valence-corrected chi connectivity index (χ2v) is 7.71. The molecule has 3 heteroatoms. The quantitative estimate of drug-likeness (QED) is 0.813. The number of hydrogen-bond donors (Lipinski definition) is 2. The smallest absolute Gasteiger partial charge is 0.225 e. The van der Waals surface area contributed by atoms with Gasteiger partial charge in [0.2, 0.25) is 5.91 Å². The van der Waals surface area contributed by atoms with Gasteiger partial charge < -0.3 is 10.6 Å². The van der Waals surface area contributed by atoms with Crippen LogP contribution in [0.15, 0.2) is 0 Å². The van der Waals surface area contributed by atoms with E-state index in [1.165, 1.54) is 0 Å². The van der Waals surface area contributed by atoms with Crippen molar-refractivity contribution in [2.24, 2.45) is 5.41 Å². The number of carbonyl (C=O) groups excluding carboxylic acids is 1. The molecule has 0 unspecified atom stereocenters. The molecule has 0 saturated carbocycles. The number of carbonyl (C=O) groups is 1. The van der Waals surface area contributed by atoms with E-state index in [-0.39, 0.29) is 28.4 Å². The van der Waals surface area contributed by atoms with E-state index < -0.39 is 0 Å². The van der Waals surface area contributed by atoms with Crippen molar-refractivity contribution in [3.63, 3.8) is 0 Å². The van der Waals surface area contributed by atoms with Gasteiger partial charge in [-0.15, -0.1) is 0 Å². The zero-order chi connectivity index (χ0) is 14.2. The molecule has 18 heavy (non-hydrogen) atoms. The number of nitrogens with one attached hydrogen (secondary N) is 2. The van der Waals surface area contributed by atoms with Gasteiger partial charge in [-0.05, 0) is 47.0 Å². The summed E-state index contributed by atoms with van der Waals surface area (Å²) in [5.41, 5.74) is -0.106. The van der Waals surface area contributed by atoms with Crippen LogP contribution in [0.1, 0.15) is 67.7 Å². The topological polar surface area (TPSA) is 41.1 Å². The molecular formula is C15H30N2O. The first kappa shape index (κ1) is 15.5. The van der Waals surface area contributed by atoms with Crippen LogP contribution in [-0.4, -0.2) is 23.0 Å². The molecule has 1 saturated heterocycles.